The number of pyridine rings is 1. The normalized spacial score (nSPS) is 11.7. The lowest BCUT2D eigenvalue weighted by molar-refractivity contribution is 0.314. The molecule has 154 valence electrons. The molecule has 0 unspecified atom stereocenters. The molecule has 0 atom stereocenters. The van der Waals surface area contributed by atoms with E-state index in [0.29, 0.717) is 18.8 Å². The molecule has 2 aromatic carbocycles. The Morgan fingerprint density at radius 2 is 1.87 bits per heavy atom. The zero-order chi connectivity index (χ0) is 21.1. The van der Waals surface area contributed by atoms with Crippen molar-refractivity contribution in [2.75, 3.05) is 13.2 Å². The summed E-state index contributed by atoms with van der Waals surface area (Å²) in [6.45, 7) is 0.456. The second-order valence-corrected chi connectivity index (χ2v) is 8.31. The molecule has 0 saturated carbocycles. The van der Waals surface area contributed by atoms with Gasteiger partial charge in [-0.15, -0.1) is 0 Å². The van der Waals surface area contributed by atoms with Crippen LogP contribution in [0.5, 0.6) is 5.75 Å². The van der Waals surface area contributed by atoms with Crippen molar-refractivity contribution in [3.63, 3.8) is 0 Å². The molecular formula is C20H18N4O5S. The van der Waals surface area contributed by atoms with Crippen LogP contribution in [-0.4, -0.2) is 36.5 Å². The fourth-order valence-electron chi connectivity index (χ4n) is 3.05. The van der Waals surface area contributed by atoms with Crippen molar-refractivity contribution in [2.24, 2.45) is 0 Å². The monoisotopic (exact) mass is 426 g/mol. The Morgan fingerprint density at radius 1 is 1.03 bits per heavy atom. The number of nitrogens with zero attached hydrogens (tertiary/aromatic N) is 1. The molecule has 0 aliphatic rings. The third-order valence-electron chi connectivity index (χ3n) is 4.49. The molecule has 2 heterocycles. The summed E-state index contributed by atoms with van der Waals surface area (Å²) in [5.41, 5.74) is -0.287. The van der Waals surface area contributed by atoms with E-state index in [1.807, 2.05) is 30.3 Å². The van der Waals surface area contributed by atoms with E-state index in [-0.39, 0.29) is 22.3 Å². The smallest absolute Gasteiger partial charge is 0.326 e. The molecule has 3 N–H and O–H groups in total. The Labute approximate surface area is 170 Å². The van der Waals surface area contributed by atoms with Gasteiger partial charge in [-0.05, 0) is 36.8 Å². The van der Waals surface area contributed by atoms with Crippen molar-refractivity contribution in [1.29, 1.82) is 0 Å². The molecule has 30 heavy (non-hydrogen) atoms. The van der Waals surface area contributed by atoms with Crippen molar-refractivity contribution in [3.05, 3.63) is 75.6 Å². The zero-order valence-electron chi connectivity index (χ0n) is 15.7. The van der Waals surface area contributed by atoms with Gasteiger partial charge in [-0.2, -0.15) is 0 Å². The first-order chi connectivity index (χ1) is 14.4. The number of benzene rings is 2. The van der Waals surface area contributed by atoms with Crippen LogP contribution in [0.25, 0.3) is 21.8 Å². The molecule has 9 nitrogen and oxygen atoms in total. The fourth-order valence-corrected chi connectivity index (χ4v) is 4.15. The highest BCUT2D eigenvalue weighted by Gasteiger charge is 2.15. The van der Waals surface area contributed by atoms with Gasteiger partial charge in [0.2, 0.25) is 10.0 Å². The minimum atomic E-state index is -3.82. The van der Waals surface area contributed by atoms with E-state index >= 15 is 0 Å². The van der Waals surface area contributed by atoms with Gasteiger partial charge in [-0.25, -0.2) is 17.9 Å². The predicted octanol–water partition coefficient (Wildman–Crippen LogP) is 1.51. The Morgan fingerprint density at radius 3 is 2.73 bits per heavy atom. The van der Waals surface area contributed by atoms with Gasteiger partial charge >= 0.3 is 5.69 Å². The number of hydrogen-bond donors (Lipinski definition) is 3. The number of aromatic nitrogens is 3. The number of rotatable bonds is 7. The number of ether oxygens (including phenoxy) is 1. The second kappa shape index (κ2) is 8.09. The zero-order valence-corrected chi connectivity index (χ0v) is 16.5. The van der Waals surface area contributed by atoms with Gasteiger partial charge < -0.3 is 9.72 Å². The van der Waals surface area contributed by atoms with Crippen molar-refractivity contribution in [3.8, 4) is 5.75 Å². The lowest BCUT2D eigenvalue weighted by Gasteiger charge is -2.10. The predicted molar refractivity (Wildman–Crippen MR) is 112 cm³/mol. The van der Waals surface area contributed by atoms with Gasteiger partial charge in [0.15, 0.2) is 0 Å². The summed E-state index contributed by atoms with van der Waals surface area (Å²) >= 11 is 0. The van der Waals surface area contributed by atoms with Crippen LogP contribution in [-0.2, 0) is 10.0 Å². The number of fused-ring (bicyclic) bond motifs is 2. The van der Waals surface area contributed by atoms with Crippen LogP contribution in [0.3, 0.4) is 0 Å². The summed E-state index contributed by atoms with van der Waals surface area (Å²) in [6, 6.07) is 13.4. The van der Waals surface area contributed by atoms with Crippen LogP contribution in [0.1, 0.15) is 6.42 Å². The third kappa shape index (κ3) is 4.09. The molecule has 0 aliphatic heterocycles. The van der Waals surface area contributed by atoms with Gasteiger partial charge in [0.25, 0.3) is 5.56 Å². The Hall–Kier alpha value is -3.50. The van der Waals surface area contributed by atoms with Gasteiger partial charge in [-0.1, -0.05) is 18.2 Å². The standard InChI is InChI=1S/C20H18N4O5S/c25-19-15-12-14(7-8-16(15)23-20(26)24-19)30(27,28)22-10-3-11-29-17-6-1-4-13-5-2-9-21-18(13)17/h1-2,4-9,12,22H,3,10-11H2,(H2,23,24,25,26). The molecule has 2 aromatic heterocycles. The average molecular weight is 426 g/mol. The topological polar surface area (TPSA) is 134 Å². The molecule has 0 radical (unpaired) electrons. The number of aromatic amines is 2. The minimum Gasteiger partial charge on any atom is -0.491 e. The lowest BCUT2D eigenvalue weighted by atomic mass is 10.2. The SMILES string of the molecule is O=c1[nH]c(=O)c2cc(S(=O)(=O)NCCCOc3cccc4cccnc34)ccc2[nH]1. The molecule has 0 fully saturated rings. The number of H-pyrrole nitrogens is 2. The molecular weight excluding hydrogens is 408 g/mol. The van der Waals surface area contributed by atoms with Crippen molar-refractivity contribution in [1.82, 2.24) is 19.7 Å². The van der Waals surface area contributed by atoms with Gasteiger partial charge in [0.05, 0.1) is 22.4 Å². The maximum absolute atomic E-state index is 12.5. The number of sulfonamides is 1. The Bertz CT molecular complexity index is 1440. The first kappa shape index (κ1) is 19.8. The number of nitrogens with one attached hydrogen (secondary N) is 3. The van der Waals surface area contributed by atoms with Crippen LogP contribution in [0.2, 0.25) is 0 Å². The highest BCUT2D eigenvalue weighted by atomic mass is 32.2. The summed E-state index contributed by atoms with van der Waals surface area (Å²) in [5.74, 6) is 0.638. The quantitative estimate of drug-likeness (QED) is 0.384. The molecule has 0 bridgehead atoms. The van der Waals surface area contributed by atoms with E-state index in [4.69, 9.17) is 4.74 Å². The van der Waals surface area contributed by atoms with E-state index in [1.165, 1.54) is 18.2 Å². The van der Waals surface area contributed by atoms with E-state index in [0.717, 1.165) is 10.9 Å². The first-order valence-electron chi connectivity index (χ1n) is 9.17. The molecule has 0 amide bonds. The Balaban J connectivity index is 1.39. The minimum absolute atomic E-state index is 0.0632. The first-order valence-corrected chi connectivity index (χ1v) is 10.6. The fraction of sp³-hybridized carbons (Fsp3) is 0.150. The molecule has 10 heteroatoms. The van der Waals surface area contributed by atoms with E-state index < -0.39 is 21.3 Å². The summed E-state index contributed by atoms with van der Waals surface area (Å²) in [6.07, 6.45) is 2.12. The van der Waals surface area contributed by atoms with Gasteiger partial charge in [0, 0.05) is 18.1 Å². The van der Waals surface area contributed by atoms with E-state index in [9.17, 15) is 18.0 Å². The maximum Gasteiger partial charge on any atom is 0.326 e. The van der Waals surface area contributed by atoms with Crippen molar-refractivity contribution >= 4 is 31.8 Å². The van der Waals surface area contributed by atoms with Gasteiger partial charge in [0.1, 0.15) is 11.3 Å². The maximum atomic E-state index is 12.5. The number of hydrogen-bond acceptors (Lipinski definition) is 6. The molecule has 4 rings (SSSR count). The van der Waals surface area contributed by atoms with Crippen LogP contribution < -0.4 is 20.7 Å². The molecule has 4 aromatic rings. The largest absolute Gasteiger partial charge is 0.491 e. The summed E-state index contributed by atoms with van der Waals surface area (Å²) in [4.78, 5) is 32.0. The molecule has 0 spiro atoms. The van der Waals surface area contributed by atoms with Crippen molar-refractivity contribution < 1.29 is 13.2 Å². The highest BCUT2D eigenvalue weighted by molar-refractivity contribution is 7.89. The summed E-state index contributed by atoms with van der Waals surface area (Å²) < 4.78 is 33.3. The van der Waals surface area contributed by atoms with Gasteiger partial charge in [-0.3, -0.25) is 14.8 Å². The van der Waals surface area contributed by atoms with E-state index in [2.05, 4.69) is 19.7 Å². The van der Waals surface area contributed by atoms with Crippen LogP contribution in [0.15, 0.2) is 69.2 Å². The Kier molecular flexibility index (Phi) is 5.34. The summed E-state index contributed by atoms with van der Waals surface area (Å²) in [5, 5.41) is 1.05. The van der Waals surface area contributed by atoms with Crippen LogP contribution in [0, 0.1) is 0 Å². The third-order valence-corrected chi connectivity index (χ3v) is 5.95. The average Bonchev–Trinajstić information content (AvgIpc) is 2.73. The summed E-state index contributed by atoms with van der Waals surface area (Å²) in [7, 11) is -3.82. The van der Waals surface area contributed by atoms with E-state index in [1.54, 1.807) is 6.20 Å². The lowest BCUT2D eigenvalue weighted by Crippen LogP contribution is -2.26. The molecule has 0 aliphatic carbocycles. The van der Waals surface area contributed by atoms with Crippen LogP contribution >= 0.6 is 0 Å². The second-order valence-electron chi connectivity index (χ2n) is 6.55. The van der Waals surface area contributed by atoms with Crippen molar-refractivity contribution in [2.45, 2.75) is 11.3 Å². The van der Waals surface area contributed by atoms with Crippen LogP contribution in [0.4, 0.5) is 0 Å². The highest BCUT2D eigenvalue weighted by Crippen LogP contribution is 2.23. The number of para-hydroxylation sites is 1. The molecule has 0 saturated heterocycles.